The lowest BCUT2D eigenvalue weighted by Gasteiger charge is -2.37. The fourth-order valence-electron chi connectivity index (χ4n) is 3.15. The summed E-state index contributed by atoms with van der Waals surface area (Å²) in [4.78, 5) is 30.8. The van der Waals surface area contributed by atoms with Gasteiger partial charge in [-0.1, -0.05) is 12.1 Å². The van der Waals surface area contributed by atoms with Crippen LogP contribution in [0.25, 0.3) is 0 Å². The van der Waals surface area contributed by atoms with Crippen LogP contribution in [0.5, 0.6) is 0 Å². The average molecular weight is 351 g/mol. The van der Waals surface area contributed by atoms with Crippen LogP contribution in [0.2, 0.25) is 0 Å². The highest BCUT2D eigenvalue weighted by Gasteiger charge is 2.40. The number of hydrogen-bond donors (Lipinski definition) is 0. The fourth-order valence-corrected chi connectivity index (χ4v) is 4.41. The van der Waals surface area contributed by atoms with Crippen molar-refractivity contribution in [1.82, 2.24) is 14.7 Å². The van der Waals surface area contributed by atoms with Gasteiger partial charge in [0, 0.05) is 26.2 Å². The van der Waals surface area contributed by atoms with Gasteiger partial charge in [0.1, 0.15) is 17.2 Å². The molecule has 0 bridgehead atoms. The molecule has 1 aromatic rings. The molecule has 130 valence electrons. The van der Waals surface area contributed by atoms with Crippen LogP contribution >= 0.6 is 11.8 Å². The summed E-state index contributed by atoms with van der Waals surface area (Å²) in [7, 11) is 2.04. The Morgan fingerprint density at radius 2 is 1.83 bits per heavy atom. The minimum atomic E-state index is -0.508. The maximum absolute atomic E-state index is 13.2. The number of carbonyl (C=O) groups excluding carboxylic acids is 2. The zero-order chi connectivity index (χ0) is 17.3. The fraction of sp³-hybridized carbons (Fsp3) is 0.529. The zero-order valence-corrected chi connectivity index (χ0v) is 14.8. The summed E-state index contributed by atoms with van der Waals surface area (Å²) in [6.45, 7) is 4.87. The van der Waals surface area contributed by atoms with Crippen LogP contribution in [-0.2, 0) is 9.59 Å². The van der Waals surface area contributed by atoms with Crippen molar-refractivity contribution in [3.63, 3.8) is 0 Å². The predicted molar refractivity (Wildman–Crippen MR) is 92.0 cm³/mol. The van der Waals surface area contributed by atoms with Gasteiger partial charge in [0.05, 0.1) is 5.75 Å². The van der Waals surface area contributed by atoms with E-state index in [0.717, 1.165) is 18.7 Å². The van der Waals surface area contributed by atoms with Crippen molar-refractivity contribution in [2.75, 3.05) is 39.0 Å². The SMILES string of the molecule is CC(C(=O)N1CCN(C)CC1)N1C(=O)CSC1c1ccc(F)cc1. The first-order chi connectivity index (χ1) is 11.5. The Hall–Kier alpha value is -1.60. The third-order valence-corrected chi connectivity index (χ3v) is 5.88. The van der Waals surface area contributed by atoms with Gasteiger partial charge in [-0.3, -0.25) is 9.59 Å². The number of nitrogens with zero attached hydrogens (tertiary/aromatic N) is 3. The van der Waals surface area contributed by atoms with Crippen LogP contribution in [0.4, 0.5) is 4.39 Å². The quantitative estimate of drug-likeness (QED) is 0.829. The summed E-state index contributed by atoms with van der Waals surface area (Å²) >= 11 is 1.49. The van der Waals surface area contributed by atoms with Crippen LogP contribution in [0, 0.1) is 5.82 Å². The molecule has 2 saturated heterocycles. The molecular formula is C17H22FN3O2S. The molecule has 2 amide bonds. The van der Waals surface area contributed by atoms with E-state index in [2.05, 4.69) is 4.90 Å². The predicted octanol–water partition coefficient (Wildman–Crippen LogP) is 1.56. The number of benzene rings is 1. The Labute approximate surface area is 145 Å². The van der Waals surface area contributed by atoms with Gasteiger partial charge in [-0.05, 0) is 31.7 Å². The number of thioether (sulfide) groups is 1. The molecule has 5 nitrogen and oxygen atoms in total. The molecule has 0 N–H and O–H groups in total. The number of carbonyl (C=O) groups is 2. The maximum atomic E-state index is 13.2. The van der Waals surface area contributed by atoms with E-state index in [9.17, 15) is 14.0 Å². The molecule has 2 atom stereocenters. The number of piperazine rings is 1. The minimum Gasteiger partial charge on any atom is -0.338 e. The normalized spacial score (nSPS) is 23.6. The minimum absolute atomic E-state index is 0.00828. The van der Waals surface area contributed by atoms with Gasteiger partial charge in [0.2, 0.25) is 11.8 Å². The molecule has 0 saturated carbocycles. The molecule has 24 heavy (non-hydrogen) atoms. The molecular weight excluding hydrogens is 329 g/mol. The second kappa shape index (κ2) is 7.11. The van der Waals surface area contributed by atoms with Crippen LogP contribution in [0.1, 0.15) is 17.9 Å². The molecule has 2 fully saturated rings. The van der Waals surface area contributed by atoms with Crippen molar-refractivity contribution in [3.05, 3.63) is 35.6 Å². The molecule has 2 aliphatic rings. The summed E-state index contributed by atoms with van der Waals surface area (Å²) in [6, 6.07) is 5.65. The van der Waals surface area contributed by atoms with Crippen LogP contribution in [0.15, 0.2) is 24.3 Å². The van der Waals surface area contributed by atoms with E-state index in [-0.39, 0.29) is 23.0 Å². The van der Waals surface area contributed by atoms with Gasteiger partial charge < -0.3 is 14.7 Å². The Bertz CT molecular complexity index is 617. The van der Waals surface area contributed by atoms with Crippen molar-refractivity contribution >= 4 is 23.6 Å². The second-order valence-corrected chi connectivity index (χ2v) is 7.39. The average Bonchev–Trinajstić information content (AvgIpc) is 2.96. The third-order valence-electron chi connectivity index (χ3n) is 4.65. The van der Waals surface area contributed by atoms with Gasteiger partial charge in [0.15, 0.2) is 0 Å². The van der Waals surface area contributed by atoms with E-state index in [1.54, 1.807) is 24.0 Å². The maximum Gasteiger partial charge on any atom is 0.245 e. The molecule has 3 rings (SSSR count). The first-order valence-electron chi connectivity index (χ1n) is 8.13. The Kier molecular flexibility index (Phi) is 5.10. The van der Waals surface area contributed by atoms with E-state index < -0.39 is 6.04 Å². The molecule has 2 heterocycles. The largest absolute Gasteiger partial charge is 0.338 e. The summed E-state index contributed by atoms with van der Waals surface area (Å²) in [5.41, 5.74) is 0.852. The lowest BCUT2D eigenvalue weighted by Crippen LogP contribution is -2.54. The number of hydrogen-bond acceptors (Lipinski definition) is 4. The number of rotatable bonds is 3. The van der Waals surface area contributed by atoms with Crippen molar-refractivity contribution in [1.29, 1.82) is 0 Å². The van der Waals surface area contributed by atoms with Gasteiger partial charge >= 0.3 is 0 Å². The van der Waals surface area contributed by atoms with E-state index in [0.29, 0.717) is 18.8 Å². The van der Waals surface area contributed by atoms with Crippen LogP contribution in [-0.4, -0.2) is 71.5 Å². The van der Waals surface area contributed by atoms with Gasteiger partial charge in [-0.15, -0.1) is 11.8 Å². The molecule has 1 aromatic carbocycles. The number of likely N-dealkylation sites (N-methyl/N-ethyl adjacent to an activating group) is 1. The second-order valence-electron chi connectivity index (χ2n) is 6.32. The topological polar surface area (TPSA) is 43.9 Å². The van der Waals surface area contributed by atoms with E-state index in [1.807, 2.05) is 11.9 Å². The molecule has 0 radical (unpaired) electrons. The standard InChI is InChI=1S/C17H22FN3O2S/c1-12(16(23)20-9-7-19(2)8-10-20)21-15(22)11-24-17(21)13-3-5-14(18)6-4-13/h3-6,12,17H,7-11H2,1-2H3. The highest BCUT2D eigenvalue weighted by molar-refractivity contribution is 8.00. The van der Waals surface area contributed by atoms with E-state index in [1.165, 1.54) is 23.9 Å². The molecule has 0 aromatic heterocycles. The zero-order valence-electron chi connectivity index (χ0n) is 13.9. The molecule has 2 aliphatic heterocycles. The van der Waals surface area contributed by atoms with Gasteiger partial charge in [-0.25, -0.2) is 4.39 Å². The van der Waals surface area contributed by atoms with Crippen LogP contribution < -0.4 is 0 Å². The third kappa shape index (κ3) is 3.42. The van der Waals surface area contributed by atoms with E-state index in [4.69, 9.17) is 0 Å². The summed E-state index contributed by atoms with van der Waals surface area (Å²) < 4.78 is 13.2. The Morgan fingerprint density at radius 1 is 1.21 bits per heavy atom. The molecule has 2 unspecified atom stereocenters. The molecule has 0 aliphatic carbocycles. The highest BCUT2D eigenvalue weighted by Crippen LogP contribution is 2.40. The lowest BCUT2D eigenvalue weighted by molar-refractivity contribution is -0.145. The van der Waals surface area contributed by atoms with Crippen molar-refractivity contribution in [2.24, 2.45) is 0 Å². The van der Waals surface area contributed by atoms with Crippen molar-refractivity contribution in [2.45, 2.75) is 18.3 Å². The smallest absolute Gasteiger partial charge is 0.245 e. The van der Waals surface area contributed by atoms with Crippen LogP contribution in [0.3, 0.4) is 0 Å². The first kappa shape index (κ1) is 17.2. The van der Waals surface area contributed by atoms with Gasteiger partial charge in [-0.2, -0.15) is 0 Å². The van der Waals surface area contributed by atoms with Gasteiger partial charge in [0.25, 0.3) is 0 Å². The van der Waals surface area contributed by atoms with Crippen molar-refractivity contribution < 1.29 is 14.0 Å². The summed E-state index contributed by atoms with van der Waals surface area (Å²) in [5, 5.41) is -0.232. The van der Waals surface area contributed by atoms with Crippen molar-refractivity contribution in [3.8, 4) is 0 Å². The lowest BCUT2D eigenvalue weighted by atomic mass is 10.1. The summed E-state index contributed by atoms with van der Waals surface area (Å²) in [5.74, 6) is -0.000814. The highest BCUT2D eigenvalue weighted by atomic mass is 32.2. The molecule has 0 spiro atoms. The number of halogens is 1. The Morgan fingerprint density at radius 3 is 2.46 bits per heavy atom. The summed E-state index contributed by atoms with van der Waals surface area (Å²) in [6.07, 6.45) is 0. The number of amides is 2. The first-order valence-corrected chi connectivity index (χ1v) is 9.18. The molecule has 7 heteroatoms. The monoisotopic (exact) mass is 351 g/mol. The Balaban J connectivity index is 1.75. The van der Waals surface area contributed by atoms with E-state index >= 15 is 0 Å².